The predicted octanol–water partition coefficient (Wildman–Crippen LogP) is 3.31. The minimum absolute atomic E-state index is 0. The highest BCUT2D eigenvalue weighted by Gasteiger charge is 2.14. The van der Waals surface area contributed by atoms with E-state index in [0.717, 1.165) is 11.1 Å². The van der Waals surface area contributed by atoms with Crippen LogP contribution in [0.4, 0.5) is 0 Å². The van der Waals surface area contributed by atoms with Crippen LogP contribution in [0.1, 0.15) is 24.1 Å². The smallest absolute Gasteiger partial charge is 0.240 e. The van der Waals surface area contributed by atoms with Gasteiger partial charge in [0.2, 0.25) is 10.0 Å². The number of nitrogens with one attached hydrogen (secondary N) is 3. The summed E-state index contributed by atoms with van der Waals surface area (Å²) in [5.74, 6) is 0.601. The van der Waals surface area contributed by atoms with Gasteiger partial charge in [-0.25, -0.2) is 13.1 Å². The normalized spacial score (nSPS) is 12.7. The summed E-state index contributed by atoms with van der Waals surface area (Å²) < 4.78 is 32.1. The van der Waals surface area contributed by atoms with Crippen LogP contribution in [0.3, 0.4) is 0 Å². The Kier molecular flexibility index (Phi) is 11.6. The van der Waals surface area contributed by atoms with Crippen molar-refractivity contribution in [2.75, 3.05) is 27.3 Å². The minimum atomic E-state index is -3.57. The van der Waals surface area contributed by atoms with Crippen molar-refractivity contribution in [3.8, 4) is 0 Å². The van der Waals surface area contributed by atoms with Crippen molar-refractivity contribution >= 4 is 51.6 Å². The Morgan fingerprint density at radius 1 is 1.20 bits per heavy atom. The van der Waals surface area contributed by atoms with Crippen molar-refractivity contribution in [3.05, 3.63) is 64.7 Å². The molecular weight excluding hydrogens is 539 g/mol. The Labute approximate surface area is 200 Å². The molecule has 2 aromatic rings. The molecule has 0 aromatic heterocycles. The zero-order chi connectivity index (χ0) is 21.3. The molecule has 0 bridgehead atoms. The molecule has 0 fully saturated rings. The van der Waals surface area contributed by atoms with Crippen molar-refractivity contribution in [1.29, 1.82) is 0 Å². The van der Waals surface area contributed by atoms with Crippen molar-refractivity contribution in [2.45, 2.75) is 24.4 Å². The maximum Gasteiger partial charge on any atom is 0.240 e. The molecular formula is C20H28ClIN4O3S. The maximum atomic E-state index is 12.3. The van der Waals surface area contributed by atoms with E-state index < -0.39 is 10.0 Å². The molecule has 0 aliphatic rings. The molecule has 1 atom stereocenters. The van der Waals surface area contributed by atoms with Crippen LogP contribution in [-0.2, 0) is 21.3 Å². The van der Waals surface area contributed by atoms with Gasteiger partial charge in [0.25, 0.3) is 0 Å². The van der Waals surface area contributed by atoms with Crippen molar-refractivity contribution in [1.82, 2.24) is 15.4 Å². The van der Waals surface area contributed by atoms with Gasteiger partial charge in [-0.1, -0.05) is 35.9 Å². The summed E-state index contributed by atoms with van der Waals surface area (Å²) in [6.07, 6.45) is 0. The van der Waals surface area contributed by atoms with Gasteiger partial charge in [0, 0.05) is 32.3 Å². The Bertz CT molecular complexity index is 941. The van der Waals surface area contributed by atoms with Crippen LogP contribution >= 0.6 is 35.6 Å². The van der Waals surface area contributed by atoms with Crippen molar-refractivity contribution < 1.29 is 13.2 Å². The maximum absolute atomic E-state index is 12.3. The molecule has 3 N–H and O–H groups in total. The second-order valence-electron chi connectivity index (χ2n) is 6.38. The van der Waals surface area contributed by atoms with Gasteiger partial charge in [0.15, 0.2) is 5.96 Å². The van der Waals surface area contributed by atoms with E-state index in [-0.39, 0.29) is 41.5 Å². The standard InChI is InChI=1S/C20H27ClN4O3S.HI/c1-15(17-7-5-8-18(21)13-17)25-20(22-2)23-14-16-6-4-9-19(12-16)29(26,27)24-10-11-28-3;/h4-9,12-13,15,24H,10-11,14H2,1-3H3,(H2,22,23,25);1H. The van der Waals surface area contributed by atoms with E-state index in [2.05, 4.69) is 20.3 Å². The number of hydrogen-bond acceptors (Lipinski definition) is 4. The van der Waals surface area contributed by atoms with Gasteiger partial charge in [-0.05, 0) is 42.3 Å². The first-order chi connectivity index (χ1) is 13.9. The molecule has 166 valence electrons. The highest BCUT2D eigenvalue weighted by Crippen LogP contribution is 2.17. The predicted molar refractivity (Wildman–Crippen MR) is 132 cm³/mol. The quantitative estimate of drug-likeness (QED) is 0.188. The van der Waals surface area contributed by atoms with Crippen LogP contribution in [-0.4, -0.2) is 41.7 Å². The number of hydrogen-bond donors (Lipinski definition) is 3. The van der Waals surface area contributed by atoms with Crippen molar-refractivity contribution in [2.24, 2.45) is 4.99 Å². The molecule has 7 nitrogen and oxygen atoms in total. The Balaban J connectivity index is 0.00000450. The molecule has 1 unspecified atom stereocenters. The average molecular weight is 567 g/mol. The number of benzene rings is 2. The lowest BCUT2D eigenvalue weighted by atomic mass is 10.1. The van der Waals surface area contributed by atoms with E-state index in [1.807, 2.05) is 37.3 Å². The fourth-order valence-electron chi connectivity index (χ4n) is 2.63. The number of halogens is 2. The fourth-order valence-corrected chi connectivity index (χ4v) is 3.91. The lowest BCUT2D eigenvalue weighted by Gasteiger charge is -2.18. The van der Waals surface area contributed by atoms with Crippen LogP contribution in [0, 0.1) is 0 Å². The van der Waals surface area contributed by atoms with Gasteiger partial charge in [-0.3, -0.25) is 4.99 Å². The minimum Gasteiger partial charge on any atom is -0.383 e. The molecule has 0 spiro atoms. The molecule has 30 heavy (non-hydrogen) atoms. The molecule has 0 amide bonds. The summed E-state index contributed by atoms with van der Waals surface area (Å²) >= 11 is 6.06. The third kappa shape index (κ3) is 8.38. The van der Waals surface area contributed by atoms with Gasteiger partial charge in [-0.15, -0.1) is 24.0 Å². The summed E-state index contributed by atoms with van der Waals surface area (Å²) in [4.78, 5) is 4.44. The molecule has 0 aliphatic carbocycles. The monoisotopic (exact) mass is 566 g/mol. The van der Waals surface area contributed by atoms with Crippen LogP contribution in [0.2, 0.25) is 5.02 Å². The van der Waals surface area contributed by atoms with E-state index in [0.29, 0.717) is 24.1 Å². The van der Waals surface area contributed by atoms with Gasteiger partial charge in [0.1, 0.15) is 0 Å². The fraction of sp³-hybridized carbons (Fsp3) is 0.350. The second-order valence-corrected chi connectivity index (χ2v) is 8.59. The van der Waals surface area contributed by atoms with Gasteiger partial charge >= 0.3 is 0 Å². The summed E-state index contributed by atoms with van der Waals surface area (Å²) in [6, 6.07) is 14.4. The van der Waals surface area contributed by atoms with E-state index in [1.165, 1.54) is 7.11 Å². The van der Waals surface area contributed by atoms with E-state index in [9.17, 15) is 8.42 Å². The number of nitrogens with zero attached hydrogens (tertiary/aromatic N) is 1. The number of rotatable bonds is 9. The number of ether oxygens (including phenoxy) is 1. The molecule has 0 saturated carbocycles. The summed E-state index contributed by atoms with van der Waals surface area (Å²) in [6.45, 7) is 2.97. The zero-order valence-corrected chi connectivity index (χ0v) is 21.1. The summed E-state index contributed by atoms with van der Waals surface area (Å²) in [7, 11) is -0.371. The molecule has 0 aliphatic heterocycles. The summed E-state index contributed by atoms with van der Waals surface area (Å²) in [5, 5.41) is 7.18. The number of aliphatic imine (C=N–C) groups is 1. The van der Waals surface area contributed by atoms with Gasteiger partial charge < -0.3 is 15.4 Å². The zero-order valence-electron chi connectivity index (χ0n) is 17.2. The first-order valence-electron chi connectivity index (χ1n) is 9.16. The average Bonchev–Trinajstić information content (AvgIpc) is 2.71. The first kappa shape index (κ1) is 26.6. The highest BCUT2D eigenvalue weighted by molar-refractivity contribution is 14.0. The van der Waals surface area contributed by atoms with E-state index in [4.69, 9.17) is 16.3 Å². The first-order valence-corrected chi connectivity index (χ1v) is 11.0. The highest BCUT2D eigenvalue weighted by atomic mass is 127. The molecule has 2 rings (SSSR count). The molecule has 10 heteroatoms. The van der Waals surface area contributed by atoms with E-state index in [1.54, 1.807) is 25.2 Å². The SMILES string of the molecule is CN=C(NCc1cccc(S(=O)(=O)NCCOC)c1)NC(C)c1cccc(Cl)c1.I. The molecule has 0 heterocycles. The van der Waals surface area contributed by atoms with Gasteiger partial charge in [-0.2, -0.15) is 0 Å². The molecule has 0 saturated heterocycles. The topological polar surface area (TPSA) is 91.8 Å². The van der Waals surface area contributed by atoms with Crippen LogP contribution in [0.15, 0.2) is 58.4 Å². The van der Waals surface area contributed by atoms with Gasteiger partial charge in [0.05, 0.1) is 17.5 Å². The molecule has 2 aromatic carbocycles. The second kappa shape index (κ2) is 13.1. The molecule has 0 radical (unpaired) electrons. The largest absolute Gasteiger partial charge is 0.383 e. The Morgan fingerprint density at radius 2 is 1.93 bits per heavy atom. The number of sulfonamides is 1. The Morgan fingerprint density at radius 3 is 2.60 bits per heavy atom. The van der Waals surface area contributed by atoms with Crippen LogP contribution < -0.4 is 15.4 Å². The Hall–Kier alpha value is -1.40. The third-order valence-corrected chi connectivity index (χ3v) is 5.89. The number of guanidine groups is 1. The summed E-state index contributed by atoms with van der Waals surface area (Å²) in [5.41, 5.74) is 1.86. The lowest BCUT2D eigenvalue weighted by molar-refractivity contribution is 0.204. The van der Waals surface area contributed by atoms with E-state index >= 15 is 0 Å². The lowest BCUT2D eigenvalue weighted by Crippen LogP contribution is -2.38. The van der Waals surface area contributed by atoms with Crippen LogP contribution in [0.5, 0.6) is 0 Å². The van der Waals surface area contributed by atoms with Crippen LogP contribution in [0.25, 0.3) is 0 Å². The third-order valence-electron chi connectivity index (χ3n) is 4.19. The number of methoxy groups -OCH3 is 1. The van der Waals surface area contributed by atoms with Crippen molar-refractivity contribution in [3.63, 3.8) is 0 Å².